The van der Waals surface area contributed by atoms with Crippen LogP contribution in [-0.4, -0.2) is 52.1 Å². The molecule has 0 spiro atoms. The van der Waals surface area contributed by atoms with Crippen LogP contribution in [0.2, 0.25) is 76.2 Å². The Kier molecular flexibility index (Phi) is 7.94. The maximum Gasteiger partial charge on any atom is 0.342 e. The second kappa shape index (κ2) is 8.30. The van der Waals surface area contributed by atoms with Crippen LogP contribution >= 0.6 is 0 Å². The number of hydrogen-bond donors (Lipinski definition) is 0. The molecule has 24 heavy (non-hydrogen) atoms. The summed E-state index contributed by atoms with van der Waals surface area (Å²) >= 11 is 0. The molecule has 0 aromatic heterocycles. The number of hydrogen-bond acceptors (Lipinski definition) is 3. The Morgan fingerprint density at radius 1 is 0.958 bits per heavy atom. The van der Waals surface area contributed by atoms with E-state index in [9.17, 15) is 0 Å². The van der Waals surface area contributed by atoms with E-state index in [4.69, 9.17) is 12.3 Å². The van der Waals surface area contributed by atoms with Crippen molar-refractivity contribution in [1.29, 1.82) is 0 Å². The van der Waals surface area contributed by atoms with Gasteiger partial charge in [0.25, 0.3) is 0 Å². The molecule has 3 nitrogen and oxygen atoms in total. The van der Waals surface area contributed by atoms with Crippen LogP contribution < -0.4 is 0 Å². The topological polar surface area (TPSA) is 27.7 Å². The van der Waals surface area contributed by atoms with Gasteiger partial charge in [0.2, 0.25) is 0 Å². The van der Waals surface area contributed by atoms with Crippen LogP contribution in [0.15, 0.2) is 11.4 Å². The Hall–Kier alpha value is 0.921. The van der Waals surface area contributed by atoms with Gasteiger partial charge in [-0.15, -0.1) is 6.58 Å². The summed E-state index contributed by atoms with van der Waals surface area (Å²) in [5, 5.41) is 0.609. The minimum atomic E-state index is -2.35. The number of rotatable bonds is 7. The smallest absolute Gasteiger partial charge is 0.342 e. The summed E-state index contributed by atoms with van der Waals surface area (Å²) in [6, 6.07) is 2.46. The first-order chi connectivity index (χ1) is 10.7. The molecule has 4 unspecified atom stereocenters. The van der Waals surface area contributed by atoms with E-state index in [2.05, 4.69) is 72.4 Å². The molecule has 0 aromatic rings. The first kappa shape index (κ1) is 23.0. The fraction of sp³-hybridized carbons (Fsp3) is 0.867. The van der Waals surface area contributed by atoms with Crippen LogP contribution in [0.4, 0.5) is 0 Å². The molecule has 1 aliphatic rings. The fourth-order valence-corrected chi connectivity index (χ4v) is 33.9. The monoisotopic (exact) mass is 436 g/mol. The van der Waals surface area contributed by atoms with Gasteiger partial charge < -0.3 is 12.3 Å². The standard InChI is InChI=1S/C15H40O3Si6/c1-14(20(5)6)23(10)16-22(9,13-12-19(3)4)17-24(11,18-23)15(2)21(7)8/h15,19-21H,1,12-13H2,2-11H3. The van der Waals surface area contributed by atoms with E-state index in [1.54, 1.807) is 0 Å². The van der Waals surface area contributed by atoms with Crippen LogP contribution in [0.1, 0.15) is 6.92 Å². The molecule has 0 aliphatic carbocycles. The van der Waals surface area contributed by atoms with E-state index in [1.807, 2.05) is 0 Å². The van der Waals surface area contributed by atoms with Crippen molar-refractivity contribution in [3.63, 3.8) is 0 Å². The van der Waals surface area contributed by atoms with Gasteiger partial charge in [-0.3, -0.25) is 0 Å². The van der Waals surface area contributed by atoms with Crippen molar-refractivity contribution in [3.05, 3.63) is 11.4 Å². The second-order valence-electron chi connectivity index (χ2n) is 9.05. The van der Waals surface area contributed by atoms with Crippen LogP contribution in [0, 0.1) is 0 Å². The molecular formula is C15H40O3Si6. The lowest BCUT2D eigenvalue weighted by Crippen LogP contribution is -2.70. The third-order valence-electron chi connectivity index (χ3n) is 5.51. The maximum atomic E-state index is 6.86. The maximum absolute atomic E-state index is 6.86. The lowest BCUT2D eigenvalue weighted by atomic mass is 10.9. The largest absolute Gasteiger partial charge is 0.416 e. The second-order valence-corrected chi connectivity index (χ2v) is 30.8. The summed E-state index contributed by atoms with van der Waals surface area (Å²) in [6.07, 6.45) is 0. The Morgan fingerprint density at radius 2 is 1.50 bits per heavy atom. The molecule has 0 bridgehead atoms. The first-order valence-electron chi connectivity index (χ1n) is 9.54. The molecular weight excluding hydrogens is 397 g/mol. The summed E-state index contributed by atoms with van der Waals surface area (Å²) < 4.78 is 20.5. The molecule has 1 rings (SSSR count). The lowest BCUT2D eigenvalue weighted by molar-refractivity contribution is 0.229. The van der Waals surface area contributed by atoms with Crippen molar-refractivity contribution in [2.24, 2.45) is 0 Å². The molecule has 1 fully saturated rings. The van der Waals surface area contributed by atoms with Gasteiger partial charge in [-0.05, 0) is 30.8 Å². The molecule has 1 aliphatic heterocycles. The Bertz CT molecular complexity index is 460. The van der Waals surface area contributed by atoms with Gasteiger partial charge in [-0.1, -0.05) is 57.1 Å². The predicted molar refractivity (Wildman–Crippen MR) is 123 cm³/mol. The zero-order chi connectivity index (χ0) is 18.9. The fourth-order valence-electron chi connectivity index (χ4n) is 3.39. The van der Waals surface area contributed by atoms with Gasteiger partial charge in [-0.25, -0.2) is 0 Å². The third kappa shape index (κ3) is 5.46. The normalized spacial score (nSPS) is 35.7. The van der Waals surface area contributed by atoms with Crippen LogP contribution in [0.5, 0.6) is 0 Å². The molecule has 0 saturated carbocycles. The van der Waals surface area contributed by atoms with Gasteiger partial charge in [0.15, 0.2) is 0 Å². The highest BCUT2D eigenvalue weighted by Gasteiger charge is 2.59. The van der Waals surface area contributed by atoms with E-state index < -0.39 is 52.1 Å². The zero-order valence-corrected chi connectivity index (χ0v) is 24.1. The van der Waals surface area contributed by atoms with Gasteiger partial charge in [0.05, 0.1) is 8.80 Å². The summed E-state index contributed by atoms with van der Waals surface area (Å²) in [7, 11) is -9.16. The van der Waals surface area contributed by atoms with Gasteiger partial charge in [-0.2, -0.15) is 0 Å². The quantitative estimate of drug-likeness (QED) is 0.557. The van der Waals surface area contributed by atoms with Gasteiger partial charge >= 0.3 is 25.7 Å². The van der Waals surface area contributed by atoms with Crippen molar-refractivity contribution in [1.82, 2.24) is 0 Å². The summed E-state index contributed by atoms with van der Waals surface area (Å²) in [6.45, 7) is 28.1. The van der Waals surface area contributed by atoms with Crippen LogP contribution in [0.25, 0.3) is 0 Å². The van der Waals surface area contributed by atoms with Crippen LogP contribution in [-0.2, 0) is 12.3 Å². The Labute approximate surface area is 158 Å². The van der Waals surface area contributed by atoms with Crippen LogP contribution in [0.3, 0.4) is 0 Å². The van der Waals surface area contributed by atoms with Gasteiger partial charge in [0.1, 0.15) is 0 Å². The van der Waals surface area contributed by atoms with E-state index in [1.165, 1.54) is 10.9 Å². The molecule has 9 heteroatoms. The van der Waals surface area contributed by atoms with Crippen molar-refractivity contribution < 1.29 is 12.3 Å². The summed E-state index contributed by atoms with van der Waals surface area (Å²) in [5.41, 5.74) is 0. The minimum Gasteiger partial charge on any atom is -0.416 e. The lowest BCUT2D eigenvalue weighted by Gasteiger charge is -2.53. The molecule has 0 N–H and O–H groups in total. The molecule has 142 valence electrons. The van der Waals surface area contributed by atoms with E-state index in [-0.39, 0.29) is 0 Å². The molecule has 0 aromatic carbocycles. The molecule has 4 atom stereocenters. The molecule has 1 saturated heterocycles. The van der Waals surface area contributed by atoms with Gasteiger partial charge in [0, 0.05) is 17.6 Å². The predicted octanol–water partition coefficient (Wildman–Crippen LogP) is 4.29. The Morgan fingerprint density at radius 3 is 1.92 bits per heavy atom. The SMILES string of the molecule is C=C([SiH](C)C)[Si]1(C)O[Si](C)(CC[SiH](C)C)O[Si](C)(C(C)[SiH](C)C)O1. The molecule has 0 radical (unpaired) electrons. The summed E-state index contributed by atoms with van der Waals surface area (Å²) in [4.78, 5) is 1.34. The highest BCUT2D eigenvalue weighted by Crippen LogP contribution is 2.42. The van der Waals surface area contributed by atoms with Crippen molar-refractivity contribution in [2.75, 3.05) is 0 Å². The first-order valence-corrected chi connectivity index (χ1v) is 25.8. The minimum absolute atomic E-state index is 0.600. The van der Waals surface area contributed by atoms with E-state index in [0.29, 0.717) is 5.16 Å². The molecule has 1 heterocycles. The van der Waals surface area contributed by atoms with Crippen molar-refractivity contribution in [3.8, 4) is 0 Å². The highest BCUT2D eigenvalue weighted by atomic mass is 28.5. The summed E-state index contributed by atoms with van der Waals surface area (Å²) in [5.74, 6) is 0. The van der Waals surface area contributed by atoms with E-state index in [0.717, 1.165) is 6.04 Å². The average molecular weight is 437 g/mol. The average Bonchev–Trinajstić information content (AvgIpc) is 2.42. The highest BCUT2D eigenvalue weighted by molar-refractivity contribution is 7.04. The third-order valence-corrected chi connectivity index (χ3v) is 31.9. The van der Waals surface area contributed by atoms with E-state index >= 15 is 0 Å². The Balaban J connectivity index is 3.22. The van der Waals surface area contributed by atoms with Crippen molar-refractivity contribution in [2.45, 2.75) is 83.1 Å². The molecule has 0 amide bonds. The van der Waals surface area contributed by atoms with Crippen molar-refractivity contribution >= 4 is 52.1 Å². The zero-order valence-electron chi connectivity index (χ0n) is 17.7.